The normalized spacial score (nSPS) is 11.5. The maximum atomic E-state index is 11.2. The third kappa shape index (κ3) is 4.22. The lowest BCUT2D eigenvalue weighted by Gasteiger charge is -2.11. The van der Waals surface area contributed by atoms with E-state index >= 15 is 0 Å². The summed E-state index contributed by atoms with van der Waals surface area (Å²) in [5.41, 5.74) is 0. The molecule has 0 aromatic heterocycles. The first-order chi connectivity index (χ1) is 7.86. The first-order valence-corrected chi connectivity index (χ1v) is 7.63. The van der Waals surface area contributed by atoms with Crippen molar-refractivity contribution in [3.05, 3.63) is 21.1 Å². The van der Waals surface area contributed by atoms with Gasteiger partial charge in [-0.25, -0.2) is 13.6 Å². The van der Waals surface area contributed by atoms with Crippen molar-refractivity contribution in [1.29, 1.82) is 0 Å². The number of rotatable bonds is 5. The minimum atomic E-state index is -3.73. The van der Waals surface area contributed by atoms with E-state index in [0.717, 1.165) is 0 Å². The largest absolute Gasteiger partial charge is 0.489 e. The Kier molecular flexibility index (Phi) is 5.39. The van der Waals surface area contributed by atoms with Gasteiger partial charge < -0.3 is 9.47 Å². The summed E-state index contributed by atoms with van der Waals surface area (Å²) in [6.45, 7) is 0.804. The fourth-order valence-corrected chi connectivity index (χ4v) is 3.35. The second kappa shape index (κ2) is 6.14. The minimum absolute atomic E-state index is 0.00958. The molecule has 1 aromatic rings. The zero-order valence-electron chi connectivity index (χ0n) is 8.94. The fraction of sp³-hybridized carbons (Fsp3) is 0.333. The number of benzene rings is 1. The van der Waals surface area contributed by atoms with E-state index in [9.17, 15) is 8.42 Å². The van der Waals surface area contributed by atoms with Crippen molar-refractivity contribution in [1.82, 2.24) is 0 Å². The molecule has 0 amide bonds. The Morgan fingerprint density at radius 1 is 1.24 bits per heavy atom. The number of sulfonamides is 1. The van der Waals surface area contributed by atoms with Crippen molar-refractivity contribution in [2.75, 3.05) is 20.3 Å². The third-order valence-electron chi connectivity index (χ3n) is 1.83. The highest BCUT2D eigenvalue weighted by Gasteiger charge is 2.15. The van der Waals surface area contributed by atoms with E-state index in [4.69, 9.17) is 14.6 Å². The van der Waals surface area contributed by atoms with Crippen LogP contribution in [0.2, 0.25) is 0 Å². The van der Waals surface area contributed by atoms with Crippen LogP contribution >= 0.6 is 31.9 Å². The molecule has 0 aliphatic rings. The highest BCUT2D eigenvalue weighted by atomic mass is 79.9. The van der Waals surface area contributed by atoms with Crippen LogP contribution in [-0.4, -0.2) is 28.7 Å². The fourth-order valence-electron chi connectivity index (χ4n) is 1.07. The highest BCUT2D eigenvalue weighted by molar-refractivity contribution is 9.11. The van der Waals surface area contributed by atoms with Crippen LogP contribution in [0, 0.1) is 0 Å². The Bertz CT molecular complexity index is 481. The van der Waals surface area contributed by atoms with Crippen molar-refractivity contribution in [2.45, 2.75) is 4.90 Å². The Morgan fingerprint density at radius 3 is 2.18 bits per heavy atom. The average molecular weight is 389 g/mol. The van der Waals surface area contributed by atoms with E-state index in [0.29, 0.717) is 27.9 Å². The van der Waals surface area contributed by atoms with E-state index in [1.807, 2.05) is 0 Å². The number of methoxy groups -OCH3 is 1. The zero-order chi connectivity index (χ0) is 13.1. The minimum Gasteiger partial charge on any atom is -0.489 e. The standard InChI is InChI=1S/C9H11Br2NO4S/c1-15-2-3-16-9-7(10)4-6(5-8(9)11)17(12,13)14/h4-5H,2-3H2,1H3,(H2,12,13,14). The lowest BCUT2D eigenvalue weighted by atomic mass is 10.3. The first kappa shape index (κ1) is 14.9. The van der Waals surface area contributed by atoms with Gasteiger partial charge in [0.25, 0.3) is 0 Å². The van der Waals surface area contributed by atoms with E-state index in [2.05, 4.69) is 31.9 Å². The molecule has 2 N–H and O–H groups in total. The van der Waals surface area contributed by atoms with Crippen LogP contribution in [0.25, 0.3) is 0 Å². The third-order valence-corrected chi connectivity index (χ3v) is 3.91. The van der Waals surface area contributed by atoms with Crippen LogP contribution in [0.4, 0.5) is 0 Å². The van der Waals surface area contributed by atoms with Crippen molar-refractivity contribution in [2.24, 2.45) is 5.14 Å². The number of nitrogens with two attached hydrogens (primary N) is 1. The molecule has 8 heteroatoms. The smallest absolute Gasteiger partial charge is 0.238 e. The first-order valence-electron chi connectivity index (χ1n) is 4.50. The van der Waals surface area contributed by atoms with E-state index in [-0.39, 0.29) is 4.90 Å². The van der Waals surface area contributed by atoms with Crippen LogP contribution in [0.3, 0.4) is 0 Å². The topological polar surface area (TPSA) is 78.6 Å². The second-order valence-electron chi connectivity index (χ2n) is 3.10. The molecule has 17 heavy (non-hydrogen) atoms. The molecule has 0 radical (unpaired) electrons. The average Bonchev–Trinajstić information content (AvgIpc) is 2.20. The SMILES string of the molecule is COCCOc1c(Br)cc(S(N)(=O)=O)cc1Br. The summed E-state index contributed by atoms with van der Waals surface area (Å²) >= 11 is 6.45. The molecule has 0 saturated heterocycles. The second-order valence-corrected chi connectivity index (χ2v) is 6.37. The summed E-state index contributed by atoms with van der Waals surface area (Å²) in [5, 5.41) is 5.04. The Balaban J connectivity index is 3.03. The van der Waals surface area contributed by atoms with Crippen LogP contribution < -0.4 is 9.88 Å². The summed E-state index contributed by atoms with van der Waals surface area (Å²) < 4.78 is 33.7. The summed E-state index contributed by atoms with van der Waals surface area (Å²) in [5.74, 6) is 0.509. The molecule has 0 bridgehead atoms. The molecule has 96 valence electrons. The molecule has 0 atom stereocenters. The lowest BCUT2D eigenvalue weighted by Crippen LogP contribution is -2.12. The van der Waals surface area contributed by atoms with Gasteiger partial charge in [-0.3, -0.25) is 0 Å². The van der Waals surface area contributed by atoms with Crippen LogP contribution in [0.5, 0.6) is 5.75 Å². The Labute approximate surface area is 117 Å². The number of ether oxygens (including phenoxy) is 2. The predicted molar refractivity (Wildman–Crippen MR) is 70.6 cm³/mol. The number of halogens is 2. The molecule has 1 rings (SSSR count). The summed E-state index contributed by atoms with van der Waals surface area (Å²) in [7, 11) is -2.16. The Hall–Kier alpha value is -0.150. The molecule has 1 aromatic carbocycles. The van der Waals surface area contributed by atoms with E-state index in [1.54, 1.807) is 7.11 Å². The van der Waals surface area contributed by atoms with Gasteiger partial charge in [-0.2, -0.15) is 0 Å². The summed E-state index contributed by atoms with van der Waals surface area (Å²) in [4.78, 5) is 0.00958. The van der Waals surface area contributed by atoms with Gasteiger partial charge >= 0.3 is 0 Å². The molecule has 0 saturated carbocycles. The molecular weight excluding hydrogens is 378 g/mol. The molecular formula is C9H11Br2NO4S. The maximum Gasteiger partial charge on any atom is 0.238 e. The summed E-state index contributed by atoms with van der Waals surface area (Å²) in [6.07, 6.45) is 0. The monoisotopic (exact) mass is 387 g/mol. The highest BCUT2D eigenvalue weighted by Crippen LogP contribution is 2.35. The van der Waals surface area contributed by atoms with Gasteiger partial charge in [0.15, 0.2) is 0 Å². The molecule has 0 spiro atoms. The van der Waals surface area contributed by atoms with Gasteiger partial charge in [0.05, 0.1) is 20.4 Å². The van der Waals surface area contributed by atoms with Crippen LogP contribution in [0.1, 0.15) is 0 Å². The van der Waals surface area contributed by atoms with Gasteiger partial charge in [-0.05, 0) is 44.0 Å². The molecule has 0 fully saturated rings. The number of hydrogen-bond acceptors (Lipinski definition) is 4. The van der Waals surface area contributed by atoms with Crippen molar-refractivity contribution in [3.63, 3.8) is 0 Å². The lowest BCUT2D eigenvalue weighted by molar-refractivity contribution is 0.145. The quantitative estimate of drug-likeness (QED) is 0.781. The van der Waals surface area contributed by atoms with Crippen molar-refractivity contribution in [3.8, 4) is 5.75 Å². The van der Waals surface area contributed by atoms with Crippen LogP contribution in [-0.2, 0) is 14.8 Å². The molecule has 0 heterocycles. The van der Waals surface area contributed by atoms with Gasteiger partial charge in [0, 0.05) is 7.11 Å². The number of hydrogen-bond donors (Lipinski definition) is 1. The van der Waals surface area contributed by atoms with Crippen LogP contribution in [0.15, 0.2) is 26.0 Å². The predicted octanol–water partition coefficient (Wildman–Crippen LogP) is 1.88. The summed E-state index contributed by atoms with van der Waals surface area (Å²) in [6, 6.07) is 2.78. The van der Waals surface area contributed by atoms with Crippen molar-refractivity contribution < 1.29 is 17.9 Å². The molecule has 5 nitrogen and oxygen atoms in total. The van der Waals surface area contributed by atoms with Gasteiger partial charge in [0.1, 0.15) is 12.4 Å². The van der Waals surface area contributed by atoms with E-state index < -0.39 is 10.0 Å². The molecule has 0 aliphatic heterocycles. The van der Waals surface area contributed by atoms with Gasteiger partial charge in [0.2, 0.25) is 10.0 Å². The van der Waals surface area contributed by atoms with E-state index in [1.165, 1.54) is 12.1 Å². The van der Waals surface area contributed by atoms with Gasteiger partial charge in [-0.1, -0.05) is 0 Å². The molecule has 0 unspecified atom stereocenters. The van der Waals surface area contributed by atoms with Crippen molar-refractivity contribution >= 4 is 41.9 Å². The number of primary sulfonamides is 1. The maximum absolute atomic E-state index is 11.2. The van der Waals surface area contributed by atoms with Gasteiger partial charge in [-0.15, -0.1) is 0 Å². The molecule has 0 aliphatic carbocycles. The zero-order valence-corrected chi connectivity index (χ0v) is 12.9. The Morgan fingerprint density at radius 2 is 1.76 bits per heavy atom.